The Labute approximate surface area is 184 Å². The van der Waals surface area contributed by atoms with E-state index in [2.05, 4.69) is 23.4 Å². The van der Waals surface area contributed by atoms with Crippen LogP contribution in [0, 0.1) is 10.1 Å². The van der Waals surface area contributed by atoms with Gasteiger partial charge < -0.3 is 14.4 Å². The minimum absolute atomic E-state index is 0.0676. The molecule has 2 aromatic rings. The smallest absolute Gasteiger partial charge is 0.269 e. The quantitative estimate of drug-likeness (QED) is 0.310. The number of rotatable bonds is 10. The molecule has 168 valence electrons. The molecule has 1 aliphatic rings. The molecular formula is C24H34N4O3. The van der Waals surface area contributed by atoms with Gasteiger partial charge in [0.1, 0.15) is 0 Å². The number of unbranched alkanes of at least 4 members (excludes halogenated alkanes) is 5. The average Bonchev–Trinajstić information content (AvgIpc) is 3.20. The van der Waals surface area contributed by atoms with E-state index in [1.54, 1.807) is 12.1 Å². The Morgan fingerprint density at radius 3 is 2.29 bits per heavy atom. The van der Waals surface area contributed by atoms with Crippen LogP contribution < -0.4 is 0 Å². The molecule has 0 N–H and O–H groups in total. The highest BCUT2D eigenvalue weighted by atomic mass is 16.6. The number of likely N-dealkylation sites (N-methyl/N-ethyl adjacent to an activating group) is 1. The summed E-state index contributed by atoms with van der Waals surface area (Å²) >= 11 is 0. The molecule has 0 saturated carbocycles. The number of hydrogen-bond donors (Lipinski definition) is 0. The number of nitrogens with zero attached hydrogens (tertiary/aromatic N) is 4. The molecule has 1 aromatic carbocycles. The van der Waals surface area contributed by atoms with Crippen molar-refractivity contribution in [3.8, 4) is 11.3 Å². The normalized spacial score (nSPS) is 14.7. The summed E-state index contributed by atoms with van der Waals surface area (Å²) in [5.74, 6) is 0.0676. The van der Waals surface area contributed by atoms with Crippen molar-refractivity contribution < 1.29 is 9.72 Å². The largest absolute Gasteiger partial charge is 0.347 e. The van der Waals surface area contributed by atoms with Crippen LogP contribution in [0.3, 0.4) is 0 Å². The van der Waals surface area contributed by atoms with Crippen LogP contribution in [0.5, 0.6) is 0 Å². The Morgan fingerprint density at radius 2 is 1.65 bits per heavy atom. The summed E-state index contributed by atoms with van der Waals surface area (Å²) in [7, 11) is 2.07. The van der Waals surface area contributed by atoms with Crippen LogP contribution in [-0.2, 0) is 6.54 Å². The molecule has 0 aliphatic carbocycles. The number of nitro benzene ring substituents is 1. The first kappa shape index (κ1) is 23.0. The minimum Gasteiger partial charge on any atom is -0.347 e. The van der Waals surface area contributed by atoms with Gasteiger partial charge in [0.2, 0.25) is 0 Å². The highest BCUT2D eigenvalue weighted by molar-refractivity contribution is 5.95. The van der Waals surface area contributed by atoms with Crippen LogP contribution in [0.4, 0.5) is 5.69 Å². The highest BCUT2D eigenvalue weighted by Gasteiger charge is 2.22. The van der Waals surface area contributed by atoms with E-state index in [1.165, 1.54) is 44.2 Å². The Morgan fingerprint density at radius 1 is 1.00 bits per heavy atom. The van der Waals surface area contributed by atoms with Gasteiger partial charge in [-0.3, -0.25) is 14.9 Å². The van der Waals surface area contributed by atoms with Crippen LogP contribution in [-0.4, -0.2) is 58.4 Å². The molecule has 1 aromatic heterocycles. The lowest BCUT2D eigenvalue weighted by molar-refractivity contribution is -0.384. The van der Waals surface area contributed by atoms with Crippen molar-refractivity contribution in [2.45, 2.75) is 52.0 Å². The summed E-state index contributed by atoms with van der Waals surface area (Å²) in [6, 6.07) is 8.54. The van der Waals surface area contributed by atoms with E-state index in [4.69, 9.17) is 0 Å². The van der Waals surface area contributed by atoms with Crippen LogP contribution in [0.25, 0.3) is 11.3 Å². The number of benzene rings is 1. The lowest BCUT2D eigenvalue weighted by Crippen LogP contribution is -2.47. The molecule has 31 heavy (non-hydrogen) atoms. The fourth-order valence-electron chi connectivity index (χ4n) is 4.06. The van der Waals surface area contributed by atoms with Gasteiger partial charge in [-0.25, -0.2) is 0 Å². The van der Waals surface area contributed by atoms with Gasteiger partial charge >= 0.3 is 0 Å². The Bertz CT molecular complexity index is 867. The summed E-state index contributed by atoms with van der Waals surface area (Å²) < 4.78 is 2.14. The molecule has 0 bridgehead atoms. The predicted octanol–water partition coefficient (Wildman–Crippen LogP) is 4.81. The number of aromatic nitrogens is 1. The van der Waals surface area contributed by atoms with Gasteiger partial charge in [-0.05, 0) is 37.2 Å². The molecule has 1 aliphatic heterocycles. The van der Waals surface area contributed by atoms with Gasteiger partial charge in [-0.15, -0.1) is 0 Å². The van der Waals surface area contributed by atoms with Crippen molar-refractivity contribution in [3.05, 3.63) is 52.2 Å². The van der Waals surface area contributed by atoms with E-state index in [-0.39, 0.29) is 16.5 Å². The molecule has 2 heterocycles. The second-order valence-electron chi connectivity index (χ2n) is 8.47. The fourth-order valence-corrected chi connectivity index (χ4v) is 4.06. The number of carbonyl (C=O) groups is 1. The van der Waals surface area contributed by atoms with E-state index < -0.39 is 0 Å². The fraction of sp³-hybridized carbons (Fsp3) is 0.542. The van der Waals surface area contributed by atoms with Crippen LogP contribution in [0.1, 0.15) is 55.8 Å². The number of aryl methyl sites for hydroxylation is 1. The van der Waals surface area contributed by atoms with Crippen molar-refractivity contribution in [1.82, 2.24) is 14.4 Å². The second-order valence-corrected chi connectivity index (χ2v) is 8.47. The van der Waals surface area contributed by atoms with Gasteiger partial charge in [0, 0.05) is 56.7 Å². The van der Waals surface area contributed by atoms with Crippen molar-refractivity contribution >= 4 is 11.6 Å². The second kappa shape index (κ2) is 11.1. The predicted molar refractivity (Wildman–Crippen MR) is 123 cm³/mol. The van der Waals surface area contributed by atoms with E-state index in [9.17, 15) is 14.9 Å². The van der Waals surface area contributed by atoms with Crippen molar-refractivity contribution in [1.29, 1.82) is 0 Å². The molecule has 0 unspecified atom stereocenters. The molecule has 0 atom stereocenters. The molecular weight excluding hydrogens is 392 g/mol. The number of hydrogen-bond acceptors (Lipinski definition) is 4. The van der Waals surface area contributed by atoms with E-state index in [0.717, 1.165) is 50.4 Å². The maximum absolute atomic E-state index is 13.1. The number of piperazine rings is 1. The third-order valence-corrected chi connectivity index (χ3v) is 6.06. The topological polar surface area (TPSA) is 71.6 Å². The molecule has 1 fully saturated rings. The van der Waals surface area contributed by atoms with Gasteiger partial charge in [0.25, 0.3) is 11.6 Å². The van der Waals surface area contributed by atoms with E-state index in [1.807, 2.05) is 17.2 Å². The van der Waals surface area contributed by atoms with Gasteiger partial charge in [-0.1, -0.05) is 39.0 Å². The van der Waals surface area contributed by atoms with Crippen molar-refractivity contribution in [3.63, 3.8) is 0 Å². The van der Waals surface area contributed by atoms with Gasteiger partial charge in [0.15, 0.2) is 0 Å². The Hall–Kier alpha value is -2.67. The number of non-ortho nitro benzene ring substituents is 1. The van der Waals surface area contributed by atoms with Gasteiger partial charge in [-0.2, -0.15) is 0 Å². The van der Waals surface area contributed by atoms with Crippen molar-refractivity contribution in [2.75, 3.05) is 33.2 Å². The molecule has 3 rings (SSSR count). The third kappa shape index (κ3) is 6.17. The zero-order valence-electron chi connectivity index (χ0n) is 18.8. The number of nitro groups is 1. The molecule has 7 heteroatoms. The first-order chi connectivity index (χ1) is 15.0. The van der Waals surface area contributed by atoms with E-state index in [0.29, 0.717) is 5.56 Å². The molecule has 0 radical (unpaired) electrons. The Kier molecular flexibility index (Phi) is 8.23. The summed E-state index contributed by atoms with van der Waals surface area (Å²) in [5, 5.41) is 11.0. The monoisotopic (exact) mass is 426 g/mol. The zero-order chi connectivity index (χ0) is 22.2. The third-order valence-electron chi connectivity index (χ3n) is 6.06. The summed E-state index contributed by atoms with van der Waals surface area (Å²) in [6.07, 6.45) is 9.20. The van der Waals surface area contributed by atoms with Crippen LogP contribution in [0.2, 0.25) is 0 Å². The molecule has 1 saturated heterocycles. The van der Waals surface area contributed by atoms with E-state index >= 15 is 0 Å². The van der Waals surface area contributed by atoms with Crippen LogP contribution in [0.15, 0.2) is 36.5 Å². The first-order valence-corrected chi connectivity index (χ1v) is 11.4. The number of amides is 1. The lowest BCUT2D eigenvalue weighted by Gasteiger charge is -2.32. The standard InChI is InChI=1S/C24H34N4O3/c1-3-4-5-6-7-8-13-27-19-21(24(29)26-16-14-25(2)15-17-26)18-23(27)20-9-11-22(12-10-20)28(30)31/h9-12,18-19H,3-8,13-17H2,1-2H3. The van der Waals surface area contributed by atoms with Gasteiger partial charge in [0.05, 0.1) is 10.5 Å². The minimum atomic E-state index is -0.387. The highest BCUT2D eigenvalue weighted by Crippen LogP contribution is 2.26. The molecule has 7 nitrogen and oxygen atoms in total. The SMILES string of the molecule is CCCCCCCCn1cc(C(=O)N2CCN(C)CC2)cc1-c1ccc([N+](=O)[O-])cc1. The first-order valence-electron chi connectivity index (χ1n) is 11.4. The Balaban J connectivity index is 1.77. The lowest BCUT2D eigenvalue weighted by atomic mass is 10.1. The summed E-state index contributed by atoms with van der Waals surface area (Å²) in [6.45, 7) is 6.32. The molecule has 1 amide bonds. The summed E-state index contributed by atoms with van der Waals surface area (Å²) in [5.41, 5.74) is 2.62. The van der Waals surface area contributed by atoms with Crippen LogP contribution >= 0.6 is 0 Å². The molecule has 0 spiro atoms. The maximum atomic E-state index is 13.1. The zero-order valence-corrected chi connectivity index (χ0v) is 18.8. The van der Waals surface area contributed by atoms with Crippen molar-refractivity contribution in [2.24, 2.45) is 0 Å². The summed E-state index contributed by atoms with van der Waals surface area (Å²) in [4.78, 5) is 27.9. The average molecular weight is 427 g/mol. The maximum Gasteiger partial charge on any atom is 0.269 e. The number of carbonyl (C=O) groups excluding carboxylic acids is 1.